The molecular formula is C17H26N4O2. The normalized spacial score (nSPS) is 18.1. The molecule has 0 aromatic heterocycles. The lowest BCUT2D eigenvalue weighted by Crippen LogP contribution is -2.39. The Morgan fingerprint density at radius 1 is 1.39 bits per heavy atom. The third-order valence-corrected chi connectivity index (χ3v) is 4.09. The summed E-state index contributed by atoms with van der Waals surface area (Å²) in [5.41, 5.74) is 1.79. The summed E-state index contributed by atoms with van der Waals surface area (Å²) in [5.74, 6) is 1.42. The van der Waals surface area contributed by atoms with E-state index in [1.54, 1.807) is 21.2 Å². The second kappa shape index (κ2) is 8.53. The number of methoxy groups -OCH3 is 1. The quantitative estimate of drug-likeness (QED) is 0.630. The number of carbonyl (C=O) groups is 1. The minimum Gasteiger partial charge on any atom is -0.384 e. The number of ether oxygens (including phenoxy) is 1. The van der Waals surface area contributed by atoms with Gasteiger partial charge in [-0.05, 0) is 24.1 Å². The highest BCUT2D eigenvalue weighted by Gasteiger charge is 2.24. The number of guanidine groups is 1. The van der Waals surface area contributed by atoms with Crippen molar-refractivity contribution in [2.45, 2.75) is 13.0 Å². The molecule has 1 aliphatic rings. The molecule has 1 unspecified atom stereocenters. The predicted molar refractivity (Wildman–Crippen MR) is 91.6 cm³/mol. The number of nitrogens with zero attached hydrogens (tertiary/aromatic N) is 2. The first-order valence-electron chi connectivity index (χ1n) is 7.93. The summed E-state index contributed by atoms with van der Waals surface area (Å²) in [5, 5.41) is 6.01. The van der Waals surface area contributed by atoms with Gasteiger partial charge in [-0.1, -0.05) is 12.1 Å². The van der Waals surface area contributed by atoms with Crippen molar-refractivity contribution in [2.75, 3.05) is 40.9 Å². The summed E-state index contributed by atoms with van der Waals surface area (Å²) in [6, 6.07) is 7.59. The number of hydrogen-bond donors (Lipinski definition) is 2. The molecule has 2 rings (SSSR count). The first-order valence-corrected chi connectivity index (χ1v) is 7.93. The van der Waals surface area contributed by atoms with E-state index in [1.165, 1.54) is 0 Å². The second-order valence-electron chi connectivity index (χ2n) is 5.73. The Morgan fingerprint density at radius 3 is 2.74 bits per heavy atom. The van der Waals surface area contributed by atoms with Crippen LogP contribution in [-0.4, -0.2) is 57.7 Å². The first-order chi connectivity index (χ1) is 11.2. The standard InChI is InChI=1S/C17H26N4O2/c1-18-16(22)15-6-4-13(5-7-15)10-20-17(19-2)21-9-8-14(11-21)12-23-3/h4-7,14H,8-12H2,1-3H3,(H,18,22)(H,19,20). The maximum absolute atomic E-state index is 11.5. The van der Waals surface area contributed by atoms with Crippen molar-refractivity contribution in [1.82, 2.24) is 15.5 Å². The maximum atomic E-state index is 11.5. The van der Waals surface area contributed by atoms with E-state index >= 15 is 0 Å². The topological polar surface area (TPSA) is 66.0 Å². The number of aliphatic imine (C=N–C) groups is 1. The second-order valence-corrected chi connectivity index (χ2v) is 5.73. The molecule has 1 heterocycles. The molecular weight excluding hydrogens is 292 g/mol. The number of likely N-dealkylation sites (tertiary alicyclic amines) is 1. The average Bonchev–Trinajstić information content (AvgIpc) is 3.04. The van der Waals surface area contributed by atoms with Gasteiger partial charge in [0.1, 0.15) is 0 Å². The van der Waals surface area contributed by atoms with Crippen molar-refractivity contribution in [3.63, 3.8) is 0 Å². The Hall–Kier alpha value is -2.08. The first kappa shape index (κ1) is 17.3. The Morgan fingerprint density at radius 2 is 2.13 bits per heavy atom. The fourth-order valence-electron chi connectivity index (χ4n) is 2.83. The van der Waals surface area contributed by atoms with Crippen LogP contribution in [0.4, 0.5) is 0 Å². The van der Waals surface area contributed by atoms with E-state index in [0.29, 0.717) is 18.0 Å². The van der Waals surface area contributed by atoms with Crippen LogP contribution < -0.4 is 10.6 Å². The summed E-state index contributed by atoms with van der Waals surface area (Å²) in [6.07, 6.45) is 1.13. The van der Waals surface area contributed by atoms with Crippen LogP contribution in [0, 0.1) is 5.92 Å². The summed E-state index contributed by atoms with van der Waals surface area (Å²) in [7, 11) is 5.19. The van der Waals surface area contributed by atoms with E-state index < -0.39 is 0 Å². The van der Waals surface area contributed by atoms with Gasteiger partial charge in [-0.3, -0.25) is 9.79 Å². The number of hydrogen-bond acceptors (Lipinski definition) is 3. The SMILES string of the molecule is CN=C(NCc1ccc(C(=O)NC)cc1)N1CCC(COC)C1. The molecule has 6 nitrogen and oxygen atoms in total. The van der Waals surface area contributed by atoms with Crippen LogP contribution in [-0.2, 0) is 11.3 Å². The monoisotopic (exact) mass is 318 g/mol. The lowest BCUT2D eigenvalue weighted by atomic mass is 10.1. The highest BCUT2D eigenvalue weighted by Crippen LogP contribution is 2.16. The Balaban J connectivity index is 1.87. The molecule has 0 aliphatic carbocycles. The molecule has 1 saturated heterocycles. The van der Waals surface area contributed by atoms with Gasteiger partial charge in [0.25, 0.3) is 5.91 Å². The van der Waals surface area contributed by atoms with Crippen LogP contribution in [0.5, 0.6) is 0 Å². The van der Waals surface area contributed by atoms with E-state index in [-0.39, 0.29) is 5.91 Å². The highest BCUT2D eigenvalue weighted by molar-refractivity contribution is 5.93. The lowest BCUT2D eigenvalue weighted by molar-refractivity contribution is 0.0963. The van der Waals surface area contributed by atoms with Crippen molar-refractivity contribution in [3.8, 4) is 0 Å². The van der Waals surface area contributed by atoms with Crippen molar-refractivity contribution in [2.24, 2.45) is 10.9 Å². The van der Waals surface area contributed by atoms with Crippen LogP contribution in [0.2, 0.25) is 0 Å². The van der Waals surface area contributed by atoms with E-state index in [0.717, 1.165) is 37.6 Å². The third-order valence-electron chi connectivity index (χ3n) is 4.09. The van der Waals surface area contributed by atoms with Gasteiger partial charge in [0, 0.05) is 52.3 Å². The van der Waals surface area contributed by atoms with Crippen LogP contribution in [0.3, 0.4) is 0 Å². The zero-order valence-corrected chi connectivity index (χ0v) is 14.1. The Kier molecular flexibility index (Phi) is 6.40. The molecule has 1 aromatic rings. The molecule has 0 radical (unpaired) electrons. The summed E-state index contributed by atoms with van der Waals surface area (Å²) in [4.78, 5) is 18.2. The Labute approximate surface area is 137 Å². The number of amides is 1. The van der Waals surface area contributed by atoms with Gasteiger partial charge in [-0.2, -0.15) is 0 Å². The summed E-state index contributed by atoms with van der Waals surface area (Å²) < 4.78 is 5.24. The van der Waals surface area contributed by atoms with Crippen molar-refractivity contribution >= 4 is 11.9 Å². The molecule has 0 spiro atoms. The largest absolute Gasteiger partial charge is 0.384 e. The van der Waals surface area contributed by atoms with Crippen LogP contribution in [0.1, 0.15) is 22.3 Å². The molecule has 1 aliphatic heterocycles. The number of benzene rings is 1. The summed E-state index contributed by atoms with van der Waals surface area (Å²) >= 11 is 0. The molecule has 1 atom stereocenters. The zero-order valence-electron chi connectivity index (χ0n) is 14.1. The van der Waals surface area contributed by atoms with Crippen LogP contribution in [0.25, 0.3) is 0 Å². The third kappa shape index (κ3) is 4.69. The van der Waals surface area contributed by atoms with Gasteiger partial charge in [-0.25, -0.2) is 0 Å². The fraction of sp³-hybridized carbons (Fsp3) is 0.529. The van der Waals surface area contributed by atoms with Gasteiger partial charge in [-0.15, -0.1) is 0 Å². The molecule has 6 heteroatoms. The molecule has 2 N–H and O–H groups in total. The van der Waals surface area contributed by atoms with Crippen LogP contribution in [0.15, 0.2) is 29.3 Å². The van der Waals surface area contributed by atoms with Gasteiger partial charge in [0.05, 0.1) is 6.61 Å². The predicted octanol–water partition coefficient (Wildman–Crippen LogP) is 1.09. The summed E-state index contributed by atoms with van der Waals surface area (Å²) in [6.45, 7) is 3.47. The lowest BCUT2D eigenvalue weighted by Gasteiger charge is -2.21. The van der Waals surface area contributed by atoms with Gasteiger partial charge in [0.15, 0.2) is 5.96 Å². The van der Waals surface area contributed by atoms with Crippen molar-refractivity contribution < 1.29 is 9.53 Å². The van der Waals surface area contributed by atoms with Crippen molar-refractivity contribution in [3.05, 3.63) is 35.4 Å². The Bertz CT molecular complexity index is 542. The molecule has 1 fully saturated rings. The molecule has 0 bridgehead atoms. The smallest absolute Gasteiger partial charge is 0.251 e. The van der Waals surface area contributed by atoms with E-state index in [4.69, 9.17) is 4.74 Å². The number of rotatable bonds is 5. The van der Waals surface area contributed by atoms with E-state index in [1.807, 2.05) is 24.3 Å². The average molecular weight is 318 g/mol. The minimum absolute atomic E-state index is 0.0680. The maximum Gasteiger partial charge on any atom is 0.251 e. The number of nitrogens with one attached hydrogen (secondary N) is 2. The van der Waals surface area contributed by atoms with Crippen LogP contribution >= 0.6 is 0 Å². The van der Waals surface area contributed by atoms with Crippen molar-refractivity contribution in [1.29, 1.82) is 0 Å². The van der Waals surface area contributed by atoms with Gasteiger partial charge < -0.3 is 20.3 Å². The zero-order chi connectivity index (χ0) is 16.7. The molecule has 1 aromatic carbocycles. The van der Waals surface area contributed by atoms with Gasteiger partial charge >= 0.3 is 0 Å². The van der Waals surface area contributed by atoms with E-state index in [2.05, 4.69) is 20.5 Å². The minimum atomic E-state index is -0.0680. The molecule has 0 saturated carbocycles. The molecule has 126 valence electrons. The number of carbonyl (C=O) groups excluding carboxylic acids is 1. The highest BCUT2D eigenvalue weighted by atomic mass is 16.5. The molecule has 23 heavy (non-hydrogen) atoms. The van der Waals surface area contributed by atoms with Gasteiger partial charge in [0.2, 0.25) is 0 Å². The molecule has 1 amide bonds. The fourth-order valence-corrected chi connectivity index (χ4v) is 2.83. The van der Waals surface area contributed by atoms with E-state index in [9.17, 15) is 4.79 Å².